The number of ether oxygens (including phenoxy) is 1. The minimum Gasteiger partial charge on any atom is -0.495 e. The highest BCUT2D eigenvalue weighted by Crippen LogP contribution is 2.39. The Morgan fingerprint density at radius 2 is 1.98 bits per heavy atom. The van der Waals surface area contributed by atoms with Crippen LogP contribution in [0.25, 0.3) is 11.3 Å². The third-order valence-electron chi connectivity index (χ3n) is 7.56. The lowest BCUT2D eigenvalue weighted by atomic mass is 9.98. The van der Waals surface area contributed by atoms with Crippen molar-refractivity contribution in [1.82, 2.24) is 15.2 Å². The van der Waals surface area contributed by atoms with Crippen molar-refractivity contribution >= 4 is 12.3 Å². The summed E-state index contributed by atoms with van der Waals surface area (Å²) in [5, 5.41) is 3.04. The molecule has 3 aliphatic rings. The van der Waals surface area contributed by atoms with Gasteiger partial charge in [-0.15, -0.1) is 0 Å². The molecule has 0 spiro atoms. The van der Waals surface area contributed by atoms with E-state index in [2.05, 4.69) is 37.5 Å². The van der Waals surface area contributed by atoms with Gasteiger partial charge in [0.05, 0.1) is 24.1 Å². The first-order chi connectivity index (χ1) is 19.2. The number of aromatic nitrogens is 1. The van der Waals surface area contributed by atoms with Gasteiger partial charge in [0.25, 0.3) is 5.91 Å². The Balaban J connectivity index is 0.00000118. The van der Waals surface area contributed by atoms with Crippen molar-refractivity contribution in [3.63, 3.8) is 0 Å². The number of carbonyl (C=O) groups is 2. The lowest BCUT2D eigenvalue weighted by Gasteiger charge is -2.26. The Morgan fingerprint density at radius 3 is 2.62 bits per heavy atom. The average molecular weight is 545 g/mol. The molecule has 1 fully saturated rings. The highest BCUT2D eigenvalue weighted by molar-refractivity contribution is 5.96. The number of allylic oxidation sites excluding steroid dienone is 1. The van der Waals surface area contributed by atoms with E-state index in [1.165, 1.54) is 41.7 Å². The van der Waals surface area contributed by atoms with Crippen molar-refractivity contribution < 1.29 is 18.7 Å². The molecular formula is C32H37FN4O3. The molecule has 1 aliphatic heterocycles. The zero-order valence-electron chi connectivity index (χ0n) is 23.4. The lowest BCUT2D eigenvalue weighted by Crippen LogP contribution is -2.29. The summed E-state index contributed by atoms with van der Waals surface area (Å²) in [6.07, 6.45) is 10.9. The van der Waals surface area contributed by atoms with Crippen LogP contribution in [0.4, 0.5) is 4.39 Å². The number of nitrogens with two attached hydrogens (primary N) is 1. The Labute approximate surface area is 235 Å². The third kappa shape index (κ3) is 6.68. The molecule has 2 aliphatic carbocycles. The molecule has 0 saturated heterocycles. The highest BCUT2D eigenvalue weighted by atomic mass is 19.1. The van der Waals surface area contributed by atoms with Crippen LogP contribution in [0.5, 0.6) is 0 Å². The van der Waals surface area contributed by atoms with Crippen molar-refractivity contribution in [2.24, 2.45) is 11.7 Å². The molecule has 1 saturated carbocycles. The van der Waals surface area contributed by atoms with Gasteiger partial charge in [0, 0.05) is 36.6 Å². The molecule has 1 aromatic carbocycles. The van der Waals surface area contributed by atoms with Gasteiger partial charge in [0.15, 0.2) is 0 Å². The number of nitrogens with zero attached hydrogens (tertiary/aromatic N) is 2. The number of fused-ring (bicyclic) bond motifs is 1. The quantitative estimate of drug-likeness (QED) is 0.442. The van der Waals surface area contributed by atoms with Crippen LogP contribution in [0.2, 0.25) is 0 Å². The van der Waals surface area contributed by atoms with Crippen LogP contribution in [-0.2, 0) is 27.2 Å². The van der Waals surface area contributed by atoms with Gasteiger partial charge >= 0.3 is 0 Å². The van der Waals surface area contributed by atoms with Crippen LogP contribution in [0, 0.1) is 11.7 Å². The summed E-state index contributed by atoms with van der Waals surface area (Å²) >= 11 is 0. The zero-order chi connectivity index (χ0) is 28.8. The fraction of sp³-hybridized carbons (Fsp3) is 0.344. The first-order valence-corrected chi connectivity index (χ1v) is 13.6. The molecule has 5 rings (SSSR count). The predicted octanol–water partition coefficient (Wildman–Crippen LogP) is 5.25. The van der Waals surface area contributed by atoms with Crippen molar-refractivity contribution in [3.8, 4) is 11.3 Å². The molecule has 1 atom stereocenters. The second kappa shape index (κ2) is 12.8. The summed E-state index contributed by atoms with van der Waals surface area (Å²) < 4.78 is 19.0. The minimum atomic E-state index is -0.254. The van der Waals surface area contributed by atoms with Crippen LogP contribution in [0.3, 0.4) is 0 Å². The Kier molecular flexibility index (Phi) is 9.19. The van der Waals surface area contributed by atoms with Gasteiger partial charge in [-0.3, -0.25) is 14.6 Å². The molecule has 210 valence electrons. The maximum Gasteiger partial charge on any atom is 0.252 e. The number of halogens is 1. The number of hydrogen-bond donors (Lipinski definition) is 2. The van der Waals surface area contributed by atoms with Crippen LogP contribution in [0.1, 0.15) is 55.8 Å². The number of primary amides is 1. The predicted molar refractivity (Wildman–Crippen MR) is 154 cm³/mol. The van der Waals surface area contributed by atoms with E-state index in [-0.39, 0.29) is 18.1 Å². The third-order valence-corrected chi connectivity index (χ3v) is 7.56. The van der Waals surface area contributed by atoms with Crippen molar-refractivity contribution in [2.45, 2.75) is 51.9 Å². The maximum atomic E-state index is 13.5. The van der Waals surface area contributed by atoms with E-state index in [1.54, 1.807) is 25.3 Å². The number of benzene rings is 1. The van der Waals surface area contributed by atoms with E-state index in [4.69, 9.17) is 14.5 Å². The molecular weight excluding hydrogens is 507 g/mol. The summed E-state index contributed by atoms with van der Waals surface area (Å²) in [5.41, 5.74) is 12.0. The van der Waals surface area contributed by atoms with Crippen molar-refractivity contribution in [2.75, 3.05) is 13.7 Å². The standard InChI is InChI=1S/C31H34FN3O2.CH3NO/c1-19-5-12-27-28(19)16-26(34-30(27)23-8-10-25(32)11-9-23)13-14-33-31(36)24-15-29(37-4)21(3)35(18-24)17-20(2)22-6-7-22;2-1-3/h8-11,15-19,22H,3,5-7,12-14H2,1-2,4H3,(H,33,36);1H,(H2,2,3)/b20-17+;. The smallest absolute Gasteiger partial charge is 0.252 e. The van der Waals surface area contributed by atoms with Crippen LogP contribution >= 0.6 is 0 Å². The summed E-state index contributed by atoms with van der Waals surface area (Å²) in [4.78, 5) is 28.5. The summed E-state index contributed by atoms with van der Waals surface area (Å²) in [7, 11) is 1.59. The van der Waals surface area contributed by atoms with E-state index in [0.717, 1.165) is 29.8 Å². The van der Waals surface area contributed by atoms with E-state index in [0.29, 0.717) is 41.8 Å². The largest absolute Gasteiger partial charge is 0.495 e. The molecule has 8 heteroatoms. The number of methoxy groups -OCH3 is 1. The van der Waals surface area contributed by atoms with Crippen molar-refractivity contribution in [1.29, 1.82) is 0 Å². The second-order valence-electron chi connectivity index (χ2n) is 10.4. The van der Waals surface area contributed by atoms with Gasteiger partial charge in [-0.05, 0) is 92.0 Å². The molecule has 1 unspecified atom stereocenters. The highest BCUT2D eigenvalue weighted by Gasteiger charge is 2.26. The average Bonchev–Trinajstić information content (AvgIpc) is 3.73. The fourth-order valence-corrected chi connectivity index (χ4v) is 5.14. The molecule has 1 aromatic heterocycles. The number of rotatable bonds is 8. The van der Waals surface area contributed by atoms with Gasteiger partial charge in [-0.1, -0.05) is 19.1 Å². The van der Waals surface area contributed by atoms with E-state index in [1.807, 2.05) is 17.3 Å². The van der Waals surface area contributed by atoms with Gasteiger partial charge in [0.1, 0.15) is 11.6 Å². The zero-order valence-corrected chi connectivity index (χ0v) is 23.4. The summed E-state index contributed by atoms with van der Waals surface area (Å²) in [6, 6.07) is 8.72. The number of nitrogens with one attached hydrogen (secondary N) is 1. The topological polar surface area (TPSA) is 97.6 Å². The molecule has 3 N–H and O–H groups in total. The van der Waals surface area contributed by atoms with Gasteiger partial charge in [0.2, 0.25) is 6.41 Å². The van der Waals surface area contributed by atoms with E-state index < -0.39 is 0 Å². The first kappa shape index (κ1) is 28.8. The van der Waals surface area contributed by atoms with Gasteiger partial charge in [-0.25, -0.2) is 4.39 Å². The van der Waals surface area contributed by atoms with Crippen LogP contribution in [-0.4, -0.2) is 35.9 Å². The monoisotopic (exact) mass is 544 g/mol. The number of pyridine rings is 1. The molecule has 7 nitrogen and oxygen atoms in total. The van der Waals surface area contributed by atoms with Crippen LogP contribution < -0.4 is 11.1 Å². The fourth-order valence-electron chi connectivity index (χ4n) is 5.14. The van der Waals surface area contributed by atoms with Gasteiger partial charge in [-0.2, -0.15) is 0 Å². The number of carbonyl (C=O) groups excluding carboxylic acids is 2. The van der Waals surface area contributed by atoms with E-state index >= 15 is 0 Å². The summed E-state index contributed by atoms with van der Waals surface area (Å²) in [6.45, 7) is 8.94. The number of hydrogen-bond acceptors (Lipinski definition) is 5. The lowest BCUT2D eigenvalue weighted by molar-refractivity contribution is -0.117. The number of amides is 2. The molecule has 0 bridgehead atoms. The molecule has 0 radical (unpaired) electrons. The van der Waals surface area contributed by atoms with Crippen molar-refractivity contribution in [3.05, 3.63) is 101 Å². The molecule has 40 heavy (non-hydrogen) atoms. The normalized spacial score (nSPS) is 18.2. The van der Waals surface area contributed by atoms with E-state index in [9.17, 15) is 9.18 Å². The molecule has 2 aromatic rings. The minimum absolute atomic E-state index is 0.169. The Morgan fingerprint density at radius 1 is 1.27 bits per heavy atom. The van der Waals surface area contributed by atoms with Gasteiger partial charge < -0.3 is 20.7 Å². The Bertz CT molecular complexity index is 1370. The first-order valence-electron chi connectivity index (χ1n) is 13.6. The second-order valence-corrected chi connectivity index (χ2v) is 10.4. The maximum absolute atomic E-state index is 13.5. The SMILES string of the molecule is C=C1C(OC)=CC(C(=O)NCCc2cc3c(c(-c4ccc(F)cc4)n2)CCC3C)=CN1/C=C(\C)C1CC1.NC=O. The Hall–Kier alpha value is -4.20. The van der Waals surface area contributed by atoms with Crippen LogP contribution in [0.15, 0.2) is 78.0 Å². The molecule has 2 heterocycles. The molecule has 2 amide bonds. The summed E-state index contributed by atoms with van der Waals surface area (Å²) in [5.74, 6) is 1.23.